The molecular weight excluding hydrogens is 663 g/mol. The minimum absolute atomic E-state index is 0.00155. The number of aliphatic hydroxyl groups excluding tert-OH is 1. The lowest BCUT2D eigenvalue weighted by molar-refractivity contribution is -0.129. The van der Waals surface area contributed by atoms with Crippen molar-refractivity contribution < 1.29 is 32.2 Å². The van der Waals surface area contributed by atoms with E-state index in [1.165, 1.54) is 24.3 Å². The summed E-state index contributed by atoms with van der Waals surface area (Å²) in [7, 11) is -3.80. The molecule has 0 saturated heterocycles. The minimum atomic E-state index is -3.80. The Bertz CT molecular complexity index is 1750. The SMILES string of the molecule is O=C(NCc1cccc(F)c1)[C@]1(CCS(=O)(=O)c2ccccc2)N=C(c2ccc(OCCCO)cc2)O[C@@H]1c1ccc(Br)cc1. The van der Waals surface area contributed by atoms with Gasteiger partial charge in [0.05, 0.1) is 17.3 Å². The summed E-state index contributed by atoms with van der Waals surface area (Å²) in [5, 5.41) is 11.9. The van der Waals surface area contributed by atoms with Gasteiger partial charge in [-0.05, 0) is 71.8 Å². The Balaban J connectivity index is 1.54. The van der Waals surface area contributed by atoms with Gasteiger partial charge in [-0.2, -0.15) is 0 Å². The zero-order valence-electron chi connectivity index (χ0n) is 24.2. The summed E-state index contributed by atoms with van der Waals surface area (Å²) in [5.41, 5.74) is 0.0426. The topological polar surface area (TPSA) is 114 Å². The van der Waals surface area contributed by atoms with Gasteiger partial charge in [0.15, 0.2) is 21.5 Å². The van der Waals surface area contributed by atoms with Crippen LogP contribution in [0.1, 0.15) is 35.6 Å². The fourth-order valence-corrected chi connectivity index (χ4v) is 6.68. The summed E-state index contributed by atoms with van der Waals surface area (Å²) in [6.45, 7) is 0.370. The van der Waals surface area contributed by atoms with Gasteiger partial charge in [-0.25, -0.2) is 17.8 Å². The van der Waals surface area contributed by atoms with Gasteiger partial charge in [-0.15, -0.1) is 0 Å². The summed E-state index contributed by atoms with van der Waals surface area (Å²) < 4.78 is 53.7. The number of amides is 1. The summed E-state index contributed by atoms with van der Waals surface area (Å²) in [4.78, 5) is 19.3. The van der Waals surface area contributed by atoms with Crippen molar-refractivity contribution in [2.24, 2.45) is 4.99 Å². The average Bonchev–Trinajstić information content (AvgIpc) is 3.45. The van der Waals surface area contributed by atoms with E-state index in [0.717, 1.165) is 4.47 Å². The van der Waals surface area contributed by atoms with Crippen LogP contribution in [0.3, 0.4) is 0 Å². The van der Waals surface area contributed by atoms with Gasteiger partial charge in [0.25, 0.3) is 5.91 Å². The maximum Gasteiger partial charge on any atom is 0.252 e. The Morgan fingerprint density at radius 1 is 1.00 bits per heavy atom. The van der Waals surface area contributed by atoms with Gasteiger partial charge in [0.2, 0.25) is 5.90 Å². The maximum atomic E-state index is 14.3. The number of nitrogens with zero attached hydrogens (tertiary/aromatic N) is 1. The first kappa shape index (κ1) is 32.3. The van der Waals surface area contributed by atoms with Crippen LogP contribution in [0.15, 0.2) is 117 Å². The number of hydrogen-bond acceptors (Lipinski definition) is 7. The molecule has 1 aliphatic heterocycles. The fourth-order valence-electron chi connectivity index (χ4n) is 5.03. The summed E-state index contributed by atoms with van der Waals surface area (Å²) in [6.07, 6.45) is -0.670. The van der Waals surface area contributed by atoms with E-state index in [4.69, 9.17) is 19.6 Å². The van der Waals surface area contributed by atoms with E-state index < -0.39 is 33.2 Å². The van der Waals surface area contributed by atoms with E-state index in [1.807, 2.05) is 12.1 Å². The van der Waals surface area contributed by atoms with E-state index in [-0.39, 0.29) is 36.1 Å². The van der Waals surface area contributed by atoms with Crippen LogP contribution in [-0.4, -0.2) is 49.8 Å². The Morgan fingerprint density at radius 2 is 1.73 bits per heavy atom. The second kappa shape index (κ2) is 14.4. The summed E-state index contributed by atoms with van der Waals surface area (Å²) in [5.74, 6) is -0.616. The number of carbonyl (C=O) groups is 1. The van der Waals surface area contributed by atoms with Gasteiger partial charge in [0, 0.05) is 36.0 Å². The molecule has 0 spiro atoms. The van der Waals surface area contributed by atoms with Crippen LogP contribution in [0, 0.1) is 5.82 Å². The molecule has 2 atom stereocenters. The number of ether oxygens (including phenoxy) is 2. The normalized spacial score (nSPS) is 17.8. The number of benzene rings is 4. The first-order valence-electron chi connectivity index (χ1n) is 14.4. The average molecular weight is 696 g/mol. The first-order valence-corrected chi connectivity index (χ1v) is 16.8. The van der Waals surface area contributed by atoms with Gasteiger partial charge >= 0.3 is 0 Å². The number of hydrogen-bond donors (Lipinski definition) is 2. The molecule has 2 N–H and O–H groups in total. The molecule has 0 aliphatic carbocycles. The molecule has 234 valence electrons. The molecule has 0 bridgehead atoms. The number of nitrogens with one attached hydrogen (secondary N) is 1. The van der Waals surface area contributed by atoms with Crippen molar-refractivity contribution in [3.8, 4) is 5.75 Å². The van der Waals surface area contributed by atoms with Gasteiger partial charge in [-0.3, -0.25) is 4.79 Å². The number of halogens is 2. The van der Waals surface area contributed by atoms with Crippen LogP contribution >= 0.6 is 15.9 Å². The van der Waals surface area contributed by atoms with Crippen LogP contribution in [-0.2, 0) is 25.9 Å². The van der Waals surface area contributed by atoms with Gasteiger partial charge < -0.3 is 19.9 Å². The van der Waals surface area contributed by atoms with Crippen LogP contribution < -0.4 is 10.1 Å². The second-order valence-electron chi connectivity index (χ2n) is 10.5. The predicted molar refractivity (Wildman–Crippen MR) is 172 cm³/mol. The molecule has 0 unspecified atom stereocenters. The summed E-state index contributed by atoms with van der Waals surface area (Å²) in [6, 6.07) is 28.1. The zero-order chi connectivity index (χ0) is 31.9. The van der Waals surface area contributed by atoms with Crippen molar-refractivity contribution in [3.63, 3.8) is 0 Å². The van der Waals surface area contributed by atoms with Crippen LogP contribution in [0.5, 0.6) is 5.75 Å². The van der Waals surface area contributed by atoms with Crippen molar-refractivity contribution in [2.45, 2.75) is 35.9 Å². The molecule has 0 aromatic heterocycles. The molecule has 8 nitrogen and oxygen atoms in total. The van der Waals surface area contributed by atoms with E-state index in [9.17, 15) is 17.6 Å². The Hall–Kier alpha value is -4.06. The molecule has 5 rings (SSSR count). The van der Waals surface area contributed by atoms with Crippen molar-refractivity contribution in [1.82, 2.24) is 5.32 Å². The summed E-state index contributed by atoms with van der Waals surface area (Å²) >= 11 is 3.44. The Morgan fingerprint density at radius 3 is 2.42 bits per heavy atom. The van der Waals surface area contributed by atoms with Gasteiger partial charge in [0.1, 0.15) is 11.6 Å². The van der Waals surface area contributed by atoms with Gasteiger partial charge in [-0.1, -0.05) is 58.4 Å². The molecule has 1 aliphatic rings. The van der Waals surface area contributed by atoms with E-state index in [0.29, 0.717) is 35.5 Å². The molecule has 11 heteroatoms. The molecule has 0 saturated carbocycles. The third-order valence-electron chi connectivity index (χ3n) is 7.40. The van der Waals surface area contributed by atoms with Crippen molar-refractivity contribution >= 4 is 37.6 Å². The second-order valence-corrected chi connectivity index (χ2v) is 13.6. The maximum absolute atomic E-state index is 14.3. The number of aliphatic imine (C=N–C) groups is 1. The Labute approximate surface area is 270 Å². The first-order chi connectivity index (χ1) is 21.7. The van der Waals surface area contributed by atoms with E-state index >= 15 is 0 Å². The van der Waals surface area contributed by atoms with E-state index in [1.54, 1.807) is 66.7 Å². The minimum Gasteiger partial charge on any atom is -0.494 e. The molecule has 4 aromatic carbocycles. The number of sulfone groups is 1. The third-order valence-corrected chi connectivity index (χ3v) is 9.66. The molecule has 0 fully saturated rings. The quantitative estimate of drug-likeness (QED) is 0.171. The Kier molecular flexibility index (Phi) is 10.3. The lowest BCUT2D eigenvalue weighted by atomic mass is 9.85. The molecule has 4 aromatic rings. The highest BCUT2D eigenvalue weighted by molar-refractivity contribution is 9.10. The number of aliphatic hydroxyl groups is 1. The van der Waals surface area contributed by atoms with Crippen LogP contribution in [0.25, 0.3) is 0 Å². The number of carbonyl (C=O) groups excluding carboxylic acids is 1. The van der Waals surface area contributed by atoms with Crippen LogP contribution in [0.4, 0.5) is 4.39 Å². The van der Waals surface area contributed by atoms with Crippen molar-refractivity contribution in [2.75, 3.05) is 19.0 Å². The molecule has 1 heterocycles. The fraction of sp³-hybridized carbons (Fsp3) is 0.235. The van der Waals surface area contributed by atoms with Crippen LogP contribution in [0.2, 0.25) is 0 Å². The monoisotopic (exact) mass is 694 g/mol. The highest BCUT2D eigenvalue weighted by Gasteiger charge is 2.53. The standard InChI is InChI=1S/C34H32BrFN2O6S/c35-27-14-10-25(11-15-27)31-34(18-21-45(41,42)30-8-2-1-3-9-30,33(40)37-23-24-6-4-7-28(36)22-24)38-32(44-31)26-12-16-29(17-13-26)43-20-5-19-39/h1-4,6-17,22,31,39H,5,18-21,23H2,(H,37,40)/t31-,34-/m1/s1. The number of rotatable bonds is 13. The smallest absolute Gasteiger partial charge is 0.252 e. The van der Waals surface area contributed by atoms with Crippen molar-refractivity contribution in [3.05, 3.63) is 130 Å². The molecule has 0 radical (unpaired) electrons. The van der Waals surface area contributed by atoms with Crippen molar-refractivity contribution in [1.29, 1.82) is 0 Å². The third kappa shape index (κ3) is 7.78. The van der Waals surface area contributed by atoms with E-state index in [2.05, 4.69) is 21.2 Å². The highest BCUT2D eigenvalue weighted by Crippen LogP contribution is 2.43. The predicted octanol–water partition coefficient (Wildman–Crippen LogP) is 5.79. The highest BCUT2D eigenvalue weighted by atomic mass is 79.9. The largest absolute Gasteiger partial charge is 0.494 e. The zero-order valence-corrected chi connectivity index (χ0v) is 26.6. The lowest BCUT2D eigenvalue weighted by Crippen LogP contribution is -2.49. The molecule has 1 amide bonds. The molecular formula is C34H32BrFN2O6S. The lowest BCUT2D eigenvalue weighted by Gasteiger charge is -2.30. The molecule has 45 heavy (non-hydrogen) atoms.